The third-order valence-corrected chi connectivity index (χ3v) is 4.27. The minimum Gasteiger partial charge on any atom is -0.326 e. The van der Waals surface area contributed by atoms with Crippen molar-refractivity contribution in [2.24, 2.45) is 0 Å². The average molecular weight is 346 g/mol. The van der Waals surface area contributed by atoms with Crippen LogP contribution in [0, 0.1) is 0 Å². The molecule has 2 rings (SSSR count). The van der Waals surface area contributed by atoms with E-state index in [1.165, 1.54) is 11.1 Å². The van der Waals surface area contributed by atoms with Crippen LogP contribution in [0.2, 0.25) is 5.02 Å². The van der Waals surface area contributed by atoms with E-state index in [0.29, 0.717) is 17.3 Å². The number of likely N-dealkylation sites (N-methyl/N-ethyl adjacent to an activating group) is 1. The zero-order chi connectivity index (χ0) is 17.7. The molecule has 1 unspecified atom stereocenters. The first-order valence-electron chi connectivity index (χ1n) is 8.21. The predicted molar refractivity (Wildman–Crippen MR) is 101 cm³/mol. The maximum absolute atomic E-state index is 12.2. The minimum atomic E-state index is -0.0353. The number of amides is 1. The first kappa shape index (κ1) is 18.5. The van der Waals surface area contributed by atoms with Gasteiger partial charge in [-0.05, 0) is 23.1 Å². The Morgan fingerprint density at radius 2 is 1.71 bits per heavy atom. The first-order valence-corrected chi connectivity index (χ1v) is 8.58. The van der Waals surface area contributed by atoms with Gasteiger partial charge in [0.2, 0.25) is 0 Å². The summed E-state index contributed by atoms with van der Waals surface area (Å²) < 4.78 is 0. The van der Waals surface area contributed by atoms with Gasteiger partial charge in [-0.15, -0.1) is 0 Å². The van der Waals surface area contributed by atoms with E-state index in [1.807, 2.05) is 19.2 Å². The monoisotopic (exact) mass is 345 g/mol. The smallest absolute Gasteiger partial charge is 0.279 e. The number of hydrogen-bond acceptors (Lipinski definition) is 1. The van der Waals surface area contributed by atoms with Gasteiger partial charge in [0, 0.05) is 5.56 Å². The van der Waals surface area contributed by atoms with Crippen LogP contribution in [0.1, 0.15) is 31.9 Å². The van der Waals surface area contributed by atoms with Gasteiger partial charge in [-0.3, -0.25) is 4.79 Å². The van der Waals surface area contributed by atoms with Crippen LogP contribution in [0.3, 0.4) is 0 Å². The van der Waals surface area contributed by atoms with E-state index in [9.17, 15) is 4.79 Å². The molecule has 1 atom stereocenters. The van der Waals surface area contributed by atoms with Gasteiger partial charge >= 0.3 is 0 Å². The molecule has 0 radical (unpaired) electrons. The van der Waals surface area contributed by atoms with E-state index in [0.717, 1.165) is 11.4 Å². The third-order valence-electron chi connectivity index (χ3n) is 3.94. The summed E-state index contributed by atoms with van der Waals surface area (Å²) in [4.78, 5) is 13.3. The fourth-order valence-corrected chi connectivity index (χ4v) is 2.75. The highest BCUT2D eigenvalue weighted by Crippen LogP contribution is 2.22. The minimum absolute atomic E-state index is 0.0353. The van der Waals surface area contributed by atoms with Crippen LogP contribution < -0.4 is 10.2 Å². The molecule has 0 aromatic heterocycles. The molecular formula is C20H26ClN2O+. The zero-order valence-corrected chi connectivity index (χ0v) is 15.6. The molecule has 2 aromatic carbocycles. The number of carbonyl (C=O) groups excluding carboxylic acids is 1. The molecule has 24 heavy (non-hydrogen) atoms. The van der Waals surface area contributed by atoms with Gasteiger partial charge in [0.1, 0.15) is 6.54 Å². The molecule has 0 saturated carbocycles. The Bertz CT molecular complexity index is 690. The molecule has 0 fully saturated rings. The summed E-state index contributed by atoms with van der Waals surface area (Å²) in [6.45, 7) is 7.82. The number of benzene rings is 2. The van der Waals surface area contributed by atoms with Gasteiger partial charge in [-0.25, -0.2) is 0 Å². The van der Waals surface area contributed by atoms with Crippen LogP contribution in [0.5, 0.6) is 0 Å². The van der Waals surface area contributed by atoms with Gasteiger partial charge in [-0.2, -0.15) is 0 Å². The summed E-state index contributed by atoms with van der Waals surface area (Å²) in [6, 6.07) is 15.9. The van der Waals surface area contributed by atoms with Crippen molar-refractivity contribution in [1.82, 2.24) is 0 Å². The number of nitrogens with one attached hydrogen (secondary N) is 2. The molecule has 0 bridgehead atoms. The molecule has 0 saturated heterocycles. The second kappa shape index (κ2) is 7.82. The first-order chi connectivity index (χ1) is 11.3. The van der Waals surface area contributed by atoms with Crippen LogP contribution >= 0.6 is 11.6 Å². The molecular weight excluding hydrogens is 320 g/mol. The van der Waals surface area contributed by atoms with Crippen LogP contribution in [0.15, 0.2) is 48.5 Å². The Morgan fingerprint density at radius 1 is 1.08 bits per heavy atom. The fraction of sp³-hybridized carbons (Fsp3) is 0.350. The summed E-state index contributed by atoms with van der Waals surface area (Å²) in [5, 5.41) is 3.42. The van der Waals surface area contributed by atoms with Crippen LogP contribution in [0.4, 0.5) is 5.69 Å². The second-order valence-corrected chi connectivity index (χ2v) is 7.69. The molecule has 0 spiro atoms. The van der Waals surface area contributed by atoms with Crippen LogP contribution in [0.25, 0.3) is 0 Å². The Hall–Kier alpha value is -1.84. The highest BCUT2D eigenvalue weighted by atomic mass is 35.5. The van der Waals surface area contributed by atoms with E-state index >= 15 is 0 Å². The highest BCUT2D eigenvalue weighted by Gasteiger charge is 2.15. The lowest BCUT2D eigenvalue weighted by Gasteiger charge is -2.19. The van der Waals surface area contributed by atoms with Crippen LogP contribution in [-0.2, 0) is 16.8 Å². The van der Waals surface area contributed by atoms with E-state index in [4.69, 9.17) is 11.6 Å². The lowest BCUT2D eigenvalue weighted by molar-refractivity contribution is -0.885. The topological polar surface area (TPSA) is 33.5 Å². The standard InChI is InChI=1S/C20H25ClN2O/c1-20(2,3)16-11-9-15(10-12-16)13-23(4)14-19(24)22-18-8-6-5-7-17(18)21/h5-12H,13-14H2,1-4H3,(H,22,24)/p+1. The Kier molecular flexibility index (Phi) is 6.03. The molecule has 3 nitrogen and oxygen atoms in total. The average Bonchev–Trinajstić information content (AvgIpc) is 2.49. The van der Waals surface area contributed by atoms with Crippen molar-refractivity contribution in [2.75, 3.05) is 18.9 Å². The third kappa shape index (κ3) is 5.36. The Morgan fingerprint density at radius 3 is 2.29 bits per heavy atom. The van der Waals surface area contributed by atoms with E-state index in [2.05, 4.69) is 50.4 Å². The van der Waals surface area contributed by atoms with Gasteiger partial charge < -0.3 is 10.2 Å². The maximum Gasteiger partial charge on any atom is 0.279 e. The number of quaternary nitrogens is 1. The quantitative estimate of drug-likeness (QED) is 0.856. The van der Waals surface area contributed by atoms with Crippen molar-refractivity contribution in [1.29, 1.82) is 0 Å². The number of anilines is 1. The normalized spacial score (nSPS) is 12.7. The predicted octanol–water partition coefficient (Wildman–Crippen LogP) is 3.29. The molecule has 2 N–H and O–H groups in total. The molecule has 1 amide bonds. The Balaban J connectivity index is 1.90. The van der Waals surface area contributed by atoms with Gasteiger partial charge in [-0.1, -0.05) is 68.8 Å². The zero-order valence-electron chi connectivity index (χ0n) is 14.8. The summed E-state index contributed by atoms with van der Waals surface area (Å²) >= 11 is 6.06. The molecule has 0 aliphatic carbocycles. The summed E-state index contributed by atoms with van der Waals surface area (Å²) in [6.07, 6.45) is 0. The molecule has 4 heteroatoms. The van der Waals surface area contributed by atoms with E-state index in [-0.39, 0.29) is 11.3 Å². The van der Waals surface area contributed by atoms with Crippen molar-refractivity contribution >= 4 is 23.2 Å². The van der Waals surface area contributed by atoms with E-state index in [1.54, 1.807) is 12.1 Å². The second-order valence-electron chi connectivity index (χ2n) is 7.29. The fourth-order valence-electron chi connectivity index (χ4n) is 2.56. The maximum atomic E-state index is 12.2. The molecule has 0 aliphatic rings. The summed E-state index contributed by atoms with van der Waals surface area (Å²) in [7, 11) is 2.02. The molecule has 2 aromatic rings. The van der Waals surface area contributed by atoms with E-state index < -0.39 is 0 Å². The lowest BCUT2D eigenvalue weighted by Crippen LogP contribution is -3.08. The van der Waals surface area contributed by atoms with Gasteiger partial charge in [0.15, 0.2) is 6.54 Å². The van der Waals surface area contributed by atoms with Gasteiger partial charge in [0.25, 0.3) is 5.91 Å². The molecule has 0 aliphatic heterocycles. The SMILES string of the molecule is C[NH+](CC(=O)Nc1ccccc1Cl)Cc1ccc(C(C)(C)C)cc1. The van der Waals surface area contributed by atoms with Crippen LogP contribution in [-0.4, -0.2) is 19.5 Å². The number of rotatable bonds is 5. The number of carbonyl (C=O) groups is 1. The number of para-hydroxylation sites is 1. The lowest BCUT2D eigenvalue weighted by atomic mass is 9.87. The van der Waals surface area contributed by atoms with Crippen molar-refractivity contribution in [3.05, 3.63) is 64.7 Å². The highest BCUT2D eigenvalue weighted by molar-refractivity contribution is 6.33. The van der Waals surface area contributed by atoms with Crippen molar-refractivity contribution in [3.63, 3.8) is 0 Å². The van der Waals surface area contributed by atoms with Crippen molar-refractivity contribution in [3.8, 4) is 0 Å². The largest absolute Gasteiger partial charge is 0.326 e. The number of halogens is 1. The summed E-state index contributed by atoms with van der Waals surface area (Å²) in [5.41, 5.74) is 3.37. The van der Waals surface area contributed by atoms with Crippen molar-refractivity contribution < 1.29 is 9.69 Å². The van der Waals surface area contributed by atoms with Gasteiger partial charge in [0.05, 0.1) is 17.8 Å². The number of hydrogen-bond donors (Lipinski definition) is 2. The molecule has 128 valence electrons. The summed E-state index contributed by atoms with van der Waals surface area (Å²) in [5.74, 6) is -0.0353. The molecule has 0 heterocycles. The van der Waals surface area contributed by atoms with Crippen molar-refractivity contribution in [2.45, 2.75) is 32.7 Å². The Labute approximate surface area is 149 Å².